The maximum Gasteiger partial charge on any atom is 0.328 e. The number of benzene rings is 1. The first-order valence-corrected chi connectivity index (χ1v) is 5.61. The van der Waals surface area contributed by atoms with Gasteiger partial charge in [-0.05, 0) is 25.5 Å². The molecule has 4 heteroatoms. The number of rotatable bonds is 3. The van der Waals surface area contributed by atoms with E-state index >= 15 is 0 Å². The smallest absolute Gasteiger partial charge is 0.328 e. The van der Waals surface area contributed by atoms with Crippen LogP contribution in [0.1, 0.15) is 11.1 Å². The Kier molecular flexibility index (Phi) is 3.80. The predicted molar refractivity (Wildman–Crippen MR) is 59.1 cm³/mol. The van der Waals surface area contributed by atoms with E-state index in [1.165, 1.54) is 5.41 Å². The van der Waals surface area contributed by atoms with Crippen LogP contribution < -0.4 is 0 Å². The summed E-state index contributed by atoms with van der Waals surface area (Å²) in [6.45, 7) is 3.81. The molecule has 1 N–H and O–H groups in total. The minimum atomic E-state index is -1.39. The SMILES string of the molecule is Cc1ccc(S(=O)/C=C/C(=O)O)c(C)c1. The highest BCUT2D eigenvalue weighted by Crippen LogP contribution is 2.15. The number of hydrogen-bond acceptors (Lipinski definition) is 2. The monoisotopic (exact) mass is 224 g/mol. The van der Waals surface area contributed by atoms with E-state index in [4.69, 9.17) is 5.11 Å². The minimum absolute atomic E-state index is 0.651. The Morgan fingerprint density at radius 3 is 2.60 bits per heavy atom. The van der Waals surface area contributed by atoms with Gasteiger partial charge in [-0.15, -0.1) is 0 Å². The Morgan fingerprint density at radius 2 is 2.07 bits per heavy atom. The fourth-order valence-electron chi connectivity index (χ4n) is 1.22. The lowest BCUT2D eigenvalue weighted by molar-refractivity contribution is -0.131. The second-order valence-corrected chi connectivity index (χ2v) is 4.51. The van der Waals surface area contributed by atoms with E-state index in [2.05, 4.69) is 0 Å². The average molecular weight is 224 g/mol. The third kappa shape index (κ3) is 3.32. The van der Waals surface area contributed by atoms with E-state index < -0.39 is 16.8 Å². The number of hydrogen-bond donors (Lipinski definition) is 1. The lowest BCUT2D eigenvalue weighted by atomic mass is 10.2. The number of carboxylic acids is 1. The molecule has 0 aromatic heterocycles. The van der Waals surface area contributed by atoms with Crippen molar-refractivity contribution in [1.82, 2.24) is 0 Å². The van der Waals surface area contributed by atoms with Crippen LogP contribution in [0.5, 0.6) is 0 Å². The largest absolute Gasteiger partial charge is 0.478 e. The molecule has 3 nitrogen and oxygen atoms in total. The van der Waals surface area contributed by atoms with Gasteiger partial charge >= 0.3 is 5.97 Å². The molecule has 0 amide bonds. The average Bonchev–Trinajstić information content (AvgIpc) is 2.14. The fraction of sp³-hybridized carbons (Fsp3) is 0.182. The summed E-state index contributed by atoms with van der Waals surface area (Å²) >= 11 is 0. The molecule has 80 valence electrons. The number of aryl methyl sites for hydroxylation is 2. The lowest BCUT2D eigenvalue weighted by Gasteiger charge is -2.02. The molecule has 1 aromatic rings. The van der Waals surface area contributed by atoms with Crippen LogP contribution in [-0.4, -0.2) is 15.3 Å². The molecule has 0 aliphatic carbocycles. The predicted octanol–water partition coefficient (Wildman–Crippen LogP) is 2.01. The summed E-state index contributed by atoms with van der Waals surface area (Å²) in [6.07, 6.45) is 0.898. The molecule has 15 heavy (non-hydrogen) atoms. The highest BCUT2D eigenvalue weighted by atomic mass is 32.2. The Morgan fingerprint density at radius 1 is 1.40 bits per heavy atom. The molecular formula is C11H12O3S. The van der Waals surface area contributed by atoms with E-state index in [1.807, 2.05) is 26.0 Å². The molecule has 1 unspecified atom stereocenters. The van der Waals surface area contributed by atoms with Crippen molar-refractivity contribution in [3.63, 3.8) is 0 Å². The van der Waals surface area contributed by atoms with Crippen LogP contribution in [0.15, 0.2) is 34.6 Å². The van der Waals surface area contributed by atoms with E-state index in [0.717, 1.165) is 17.2 Å². The van der Waals surface area contributed by atoms with Crippen LogP contribution >= 0.6 is 0 Å². The van der Waals surface area contributed by atoms with Crippen LogP contribution in [-0.2, 0) is 15.6 Å². The molecule has 0 aliphatic rings. The first-order chi connectivity index (χ1) is 7.00. The molecule has 0 spiro atoms. The maximum absolute atomic E-state index is 11.6. The summed E-state index contributed by atoms with van der Waals surface area (Å²) in [7, 11) is -1.39. The zero-order chi connectivity index (χ0) is 11.4. The van der Waals surface area contributed by atoms with Gasteiger partial charge < -0.3 is 5.11 Å². The molecule has 0 fully saturated rings. The summed E-state index contributed by atoms with van der Waals surface area (Å²) in [5, 5.41) is 9.58. The molecular weight excluding hydrogens is 212 g/mol. The lowest BCUT2D eigenvalue weighted by Crippen LogP contribution is -1.94. The van der Waals surface area contributed by atoms with Gasteiger partial charge in [-0.1, -0.05) is 17.7 Å². The molecule has 0 radical (unpaired) electrons. The second-order valence-electron chi connectivity index (χ2n) is 3.21. The van der Waals surface area contributed by atoms with Crippen molar-refractivity contribution >= 4 is 16.8 Å². The van der Waals surface area contributed by atoms with E-state index in [-0.39, 0.29) is 0 Å². The van der Waals surface area contributed by atoms with Gasteiger partial charge in [0.25, 0.3) is 0 Å². The van der Waals surface area contributed by atoms with Crippen LogP contribution in [0, 0.1) is 13.8 Å². The molecule has 0 saturated heterocycles. The van der Waals surface area contributed by atoms with Gasteiger partial charge in [0.05, 0.1) is 10.8 Å². The van der Waals surface area contributed by atoms with Crippen LogP contribution in [0.3, 0.4) is 0 Å². The highest BCUT2D eigenvalue weighted by molar-refractivity contribution is 7.88. The van der Waals surface area contributed by atoms with Gasteiger partial charge in [0.1, 0.15) is 0 Å². The summed E-state index contributed by atoms with van der Waals surface area (Å²) in [5.74, 6) is -1.09. The van der Waals surface area contributed by atoms with Crippen LogP contribution in [0.4, 0.5) is 0 Å². The van der Waals surface area contributed by atoms with Gasteiger partial charge in [0.2, 0.25) is 0 Å². The Labute approximate surface area is 90.9 Å². The molecule has 0 saturated carbocycles. The van der Waals surface area contributed by atoms with Crippen molar-refractivity contribution in [2.24, 2.45) is 0 Å². The summed E-state index contributed by atoms with van der Waals surface area (Å²) in [5.41, 5.74) is 2.00. The van der Waals surface area contributed by atoms with Crippen molar-refractivity contribution in [3.05, 3.63) is 40.8 Å². The van der Waals surface area contributed by atoms with Crippen molar-refractivity contribution in [3.8, 4) is 0 Å². The van der Waals surface area contributed by atoms with E-state index in [0.29, 0.717) is 4.90 Å². The fourth-order valence-corrected chi connectivity index (χ4v) is 2.18. The molecule has 1 aromatic carbocycles. The molecule has 0 aliphatic heterocycles. The van der Waals surface area contributed by atoms with Crippen molar-refractivity contribution in [1.29, 1.82) is 0 Å². The summed E-state index contributed by atoms with van der Waals surface area (Å²) in [6, 6.07) is 5.53. The topological polar surface area (TPSA) is 54.4 Å². The normalized spacial score (nSPS) is 12.9. The standard InChI is InChI=1S/C11H12O3S/c1-8-3-4-10(9(2)7-8)15(14)6-5-11(12)13/h3-7H,1-2H3,(H,12,13)/b6-5+. The van der Waals surface area contributed by atoms with Crippen molar-refractivity contribution in [2.75, 3.05) is 0 Å². The van der Waals surface area contributed by atoms with E-state index in [1.54, 1.807) is 6.07 Å². The zero-order valence-electron chi connectivity index (χ0n) is 8.56. The molecule has 0 heterocycles. The minimum Gasteiger partial charge on any atom is -0.478 e. The Hall–Kier alpha value is -1.42. The van der Waals surface area contributed by atoms with Crippen molar-refractivity contribution < 1.29 is 14.1 Å². The quantitative estimate of drug-likeness (QED) is 0.799. The molecule has 1 atom stereocenters. The summed E-state index contributed by atoms with van der Waals surface area (Å²) in [4.78, 5) is 10.9. The molecule has 0 bridgehead atoms. The first kappa shape index (κ1) is 11.7. The number of aliphatic carboxylic acids is 1. The number of carbonyl (C=O) groups is 1. The summed E-state index contributed by atoms with van der Waals surface area (Å²) < 4.78 is 11.6. The Bertz CT molecular complexity index is 435. The number of carboxylic acid groups (broad SMARTS) is 1. The Balaban J connectivity index is 2.97. The second kappa shape index (κ2) is 4.89. The van der Waals surface area contributed by atoms with Crippen LogP contribution in [0.2, 0.25) is 0 Å². The third-order valence-electron chi connectivity index (χ3n) is 1.88. The maximum atomic E-state index is 11.6. The zero-order valence-corrected chi connectivity index (χ0v) is 9.38. The molecule has 1 rings (SSSR count). The van der Waals surface area contributed by atoms with Gasteiger partial charge in [0, 0.05) is 16.4 Å². The van der Waals surface area contributed by atoms with Gasteiger partial charge in [0.15, 0.2) is 0 Å². The van der Waals surface area contributed by atoms with Gasteiger partial charge in [-0.25, -0.2) is 9.00 Å². The van der Waals surface area contributed by atoms with E-state index in [9.17, 15) is 9.00 Å². The van der Waals surface area contributed by atoms with Crippen molar-refractivity contribution in [2.45, 2.75) is 18.7 Å². The third-order valence-corrected chi connectivity index (χ3v) is 3.16. The van der Waals surface area contributed by atoms with Crippen LogP contribution in [0.25, 0.3) is 0 Å². The van der Waals surface area contributed by atoms with Gasteiger partial charge in [-0.2, -0.15) is 0 Å². The highest BCUT2D eigenvalue weighted by Gasteiger charge is 2.04. The first-order valence-electron chi connectivity index (χ1n) is 4.39. The van der Waals surface area contributed by atoms with Gasteiger partial charge in [-0.3, -0.25) is 0 Å².